The van der Waals surface area contributed by atoms with Crippen molar-refractivity contribution in [1.29, 1.82) is 0 Å². The number of hydrogen-bond donors (Lipinski definition) is 1. The number of carbonyl (C=O) groups excluding carboxylic acids is 2. The molecule has 2 aromatic heterocycles. The summed E-state index contributed by atoms with van der Waals surface area (Å²) in [5.74, 6) is -0.979. The molecule has 9 nitrogen and oxygen atoms in total. The maximum atomic E-state index is 13.0. The van der Waals surface area contributed by atoms with Crippen LogP contribution in [-0.2, 0) is 19.6 Å². The van der Waals surface area contributed by atoms with Gasteiger partial charge < -0.3 is 19.4 Å². The van der Waals surface area contributed by atoms with E-state index in [0.29, 0.717) is 41.6 Å². The molecule has 1 fully saturated rings. The molecule has 3 aromatic rings. The van der Waals surface area contributed by atoms with E-state index in [4.69, 9.17) is 20.8 Å². The molecule has 0 bridgehead atoms. The third kappa shape index (κ3) is 4.52. The molecule has 0 radical (unpaired) electrons. The van der Waals surface area contributed by atoms with E-state index in [1.54, 1.807) is 29.2 Å². The number of amides is 2. The van der Waals surface area contributed by atoms with Crippen LogP contribution in [0.5, 0.6) is 0 Å². The minimum absolute atomic E-state index is 0.00278. The van der Waals surface area contributed by atoms with Gasteiger partial charge in [-0.25, -0.2) is 8.42 Å². The largest absolute Gasteiger partial charge is 0.449 e. The van der Waals surface area contributed by atoms with E-state index < -0.39 is 22.5 Å². The molecule has 0 aliphatic carbocycles. The van der Waals surface area contributed by atoms with Crippen molar-refractivity contribution in [3.63, 3.8) is 0 Å². The van der Waals surface area contributed by atoms with Crippen LogP contribution in [-0.4, -0.2) is 69.3 Å². The number of fused-ring (bicyclic) bond motifs is 1. The first-order chi connectivity index (χ1) is 15.3. The number of morpholine rings is 1. The Morgan fingerprint density at radius 2 is 1.91 bits per heavy atom. The van der Waals surface area contributed by atoms with Gasteiger partial charge in [-0.2, -0.15) is 4.31 Å². The highest BCUT2D eigenvalue weighted by molar-refractivity contribution is 7.91. The summed E-state index contributed by atoms with van der Waals surface area (Å²) in [6, 6.07) is 9.80. The fourth-order valence-electron chi connectivity index (χ4n) is 3.29. The summed E-state index contributed by atoms with van der Waals surface area (Å²) in [4.78, 5) is 27.4. The number of hydrogen-bond acceptors (Lipinski definition) is 7. The molecule has 1 aliphatic heterocycles. The maximum Gasteiger partial charge on any atom is 0.291 e. The average molecular weight is 498 g/mol. The number of halogens is 1. The molecule has 1 aromatic carbocycles. The summed E-state index contributed by atoms with van der Waals surface area (Å²) in [5, 5.41) is 3.22. The topological polar surface area (TPSA) is 109 Å². The zero-order valence-electron chi connectivity index (χ0n) is 17.0. The Hall–Kier alpha value is -2.44. The first-order valence-electron chi connectivity index (χ1n) is 9.67. The van der Waals surface area contributed by atoms with Gasteiger partial charge in [0.05, 0.1) is 24.1 Å². The molecular weight excluding hydrogens is 478 g/mol. The van der Waals surface area contributed by atoms with Crippen molar-refractivity contribution in [3.05, 3.63) is 46.5 Å². The van der Waals surface area contributed by atoms with Gasteiger partial charge in [-0.1, -0.05) is 23.7 Å². The standard InChI is InChI=1S/C20H20ClN3O6S2/c1-23(32(27,28)17-7-6-15(21)31-17)12-16(25)22-18-13-4-2-3-5-14(13)30-19(18)20(26)24-8-10-29-11-9-24/h2-7H,8-12H2,1H3,(H,22,25). The third-order valence-corrected chi connectivity index (χ3v) is 8.43. The van der Waals surface area contributed by atoms with Crippen LogP contribution in [0.15, 0.2) is 45.0 Å². The molecule has 4 rings (SSSR count). The number of rotatable bonds is 6. The molecule has 32 heavy (non-hydrogen) atoms. The third-order valence-electron chi connectivity index (χ3n) is 4.93. The number of benzene rings is 1. The van der Waals surface area contributed by atoms with Crippen LogP contribution >= 0.6 is 22.9 Å². The van der Waals surface area contributed by atoms with E-state index in [1.165, 1.54) is 19.2 Å². The van der Waals surface area contributed by atoms with E-state index in [0.717, 1.165) is 15.6 Å². The van der Waals surface area contributed by atoms with Crippen molar-refractivity contribution in [2.24, 2.45) is 0 Å². The number of thiophene rings is 1. The summed E-state index contributed by atoms with van der Waals surface area (Å²) in [5.41, 5.74) is 0.653. The van der Waals surface area contributed by atoms with Crippen LogP contribution in [0.1, 0.15) is 10.6 Å². The van der Waals surface area contributed by atoms with Crippen LogP contribution in [0.25, 0.3) is 11.0 Å². The summed E-state index contributed by atoms with van der Waals surface area (Å²) < 4.78 is 37.7. The highest BCUT2D eigenvalue weighted by atomic mass is 35.5. The van der Waals surface area contributed by atoms with E-state index in [1.807, 2.05) is 0 Å². The number of ether oxygens (including phenoxy) is 1. The molecule has 1 N–H and O–H groups in total. The van der Waals surface area contributed by atoms with Gasteiger partial charge in [0.2, 0.25) is 11.7 Å². The molecule has 12 heteroatoms. The van der Waals surface area contributed by atoms with Crippen molar-refractivity contribution in [1.82, 2.24) is 9.21 Å². The Kier molecular flexibility index (Phi) is 6.54. The minimum Gasteiger partial charge on any atom is -0.449 e. The summed E-state index contributed by atoms with van der Waals surface area (Å²) in [6.45, 7) is 1.20. The lowest BCUT2D eigenvalue weighted by Crippen LogP contribution is -2.41. The number of likely N-dealkylation sites (N-methyl/N-ethyl adjacent to an activating group) is 1. The molecule has 1 aliphatic rings. The number of carbonyl (C=O) groups is 2. The second kappa shape index (κ2) is 9.20. The van der Waals surface area contributed by atoms with Gasteiger partial charge in [0.25, 0.3) is 15.9 Å². The monoisotopic (exact) mass is 497 g/mol. The first-order valence-corrected chi connectivity index (χ1v) is 12.3. The average Bonchev–Trinajstić information content (AvgIpc) is 3.38. The van der Waals surface area contributed by atoms with Gasteiger partial charge >= 0.3 is 0 Å². The fourth-order valence-corrected chi connectivity index (χ4v) is 6.11. The molecule has 0 saturated carbocycles. The van der Waals surface area contributed by atoms with Gasteiger partial charge in [0.1, 0.15) is 15.5 Å². The second-order valence-corrected chi connectivity index (χ2v) is 11.1. The molecule has 170 valence electrons. The molecule has 1 saturated heterocycles. The summed E-state index contributed by atoms with van der Waals surface area (Å²) >= 11 is 6.75. The Labute approximate surface area is 193 Å². The molecule has 0 spiro atoms. The van der Waals surface area contributed by atoms with Gasteiger partial charge in [-0.05, 0) is 24.3 Å². The van der Waals surface area contributed by atoms with Crippen molar-refractivity contribution < 1.29 is 27.2 Å². The quantitative estimate of drug-likeness (QED) is 0.561. The maximum absolute atomic E-state index is 13.0. The normalized spacial score (nSPS) is 14.8. The zero-order chi connectivity index (χ0) is 22.9. The van der Waals surface area contributed by atoms with E-state index in [2.05, 4.69) is 5.32 Å². The van der Waals surface area contributed by atoms with Crippen molar-refractivity contribution in [2.45, 2.75) is 4.21 Å². The van der Waals surface area contributed by atoms with Crippen LogP contribution in [0, 0.1) is 0 Å². The highest BCUT2D eigenvalue weighted by Gasteiger charge is 2.29. The van der Waals surface area contributed by atoms with Crippen LogP contribution in [0.4, 0.5) is 5.69 Å². The molecule has 2 amide bonds. The second-order valence-electron chi connectivity index (χ2n) is 7.07. The number of furan rings is 1. The molecule has 0 atom stereocenters. The predicted octanol–water partition coefficient (Wildman–Crippen LogP) is 2.88. The molecule has 3 heterocycles. The Morgan fingerprint density at radius 3 is 2.59 bits per heavy atom. The van der Waals surface area contributed by atoms with Crippen molar-refractivity contribution >= 4 is 61.4 Å². The van der Waals surface area contributed by atoms with Crippen LogP contribution in [0.3, 0.4) is 0 Å². The lowest BCUT2D eigenvalue weighted by molar-refractivity contribution is -0.116. The van der Waals surface area contributed by atoms with E-state index >= 15 is 0 Å². The molecule has 0 unspecified atom stereocenters. The van der Waals surface area contributed by atoms with Gasteiger partial charge in [0, 0.05) is 25.5 Å². The SMILES string of the molecule is CN(CC(=O)Nc1c(C(=O)N2CCOCC2)oc2ccccc12)S(=O)(=O)c1ccc(Cl)s1. The first kappa shape index (κ1) is 22.7. The Bertz CT molecular complexity index is 1260. The van der Waals surface area contributed by atoms with Gasteiger partial charge in [0.15, 0.2) is 0 Å². The lowest BCUT2D eigenvalue weighted by Gasteiger charge is -2.26. The Morgan fingerprint density at radius 1 is 1.19 bits per heavy atom. The highest BCUT2D eigenvalue weighted by Crippen LogP contribution is 2.32. The van der Waals surface area contributed by atoms with E-state index in [-0.39, 0.29) is 21.6 Å². The minimum atomic E-state index is -3.88. The molecular formula is C20H20ClN3O6S2. The van der Waals surface area contributed by atoms with Crippen molar-refractivity contribution in [2.75, 3.05) is 45.2 Å². The van der Waals surface area contributed by atoms with Gasteiger partial charge in [-0.15, -0.1) is 11.3 Å². The number of nitrogens with one attached hydrogen (secondary N) is 1. The predicted molar refractivity (Wildman–Crippen MR) is 121 cm³/mol. The lowest BCUT2D eigenvalue weighted by atomic mass is 10.2. The smallest absolute Gasteiger partial charge is 0.291 e. The van der Waals surface area contributed by atoms with E-state index in [9.17, 15) is 18.0 Å². The summed E-state index contributed by atoms with van der Waals surface area (Å²) in [7, 11) is -2.58. The zero-order valence-corrected chi connectivity index (χ0v) is 19.4. The Balaban J connectivity index is 1.58. The number of para-hydroxylation sites is 1. The number of nitrogens with zero attached hydrogens (tertiary/aromatic N) is 2. The van der Waals surface area contributed by atoms with Gasteiger partial charge in [-0.3, -0.25) is 9.59 Å². The van der Waals surface area contributed by atoms with Crippen molar-refractivity contribution in [3.8, 4) is 0 Å². The number of sulfonamides is 1. The van der Waals surface area contributed by atoms with Crippen LogP contribution < -0.4 is 5.32 Å². The van der Waals surface area contributed by atoms with Crippen LogP contribution in [0.2, 0.25) is 4.34 Å². The number of anilines is 1. The fraction of sp³-hybridized carbons (Fsp3) is 0.300. The summed E-state index contributed by atoms with van der Waals surface area (Å²) in [6.07, 6.45) is 0.